The summed E-state index contributed by atoms with van der Waals surface area (Å²) < 4.78 is 0. The molecule has 5 heteroatoms. The standard InChI is InChI=1S/C20H27N3O2/c21-15-20(11-5-6-12-20)22-19(25)14-23(17-8-2-3-9-17)13-16-7-1-4-10-18(16)24/h1,4,7,10,17,24H,2-3,5-6,8-9,11-14H2,(H,22,25). The Morgan fingerprint density at radius 2 is 1.92 bits per heavy atom. The topological polar surface area (TPSA) is 76.4 Å². The Morgan fingerprint density at radius 1 is 1.24 bits per heavy atom. The van der Waals surface area contributed by atoms with Crippen molar-refractivity contribution in [3.8, 4) is 11.8 Å². The minimum absolute atomic E-state index is 0.0780. The SMILES string of the molecule is N#CC1(NC(=O)CN(Cc2ccccc2O)C2CCCC2)CCCC1. The fourth-order valence-corrected chi connectivity index (χ4v) is 4.18. The highest BCUT2D eigenvalue weighted by Crippen LogP contribution is 2.30. The predicted molar refractivity (Wildman–Crippen MR) is 95.7 cm³/mol. The van der Waals surface area contributed by atoms with Crippen molar-refractivity contribution in [2.45, 2.75) is 69.5 Å². The van der Waals surface area contributed by atoms with E-state index in [-0.39, 0.29) is 18.2 Å². The van der Waals surface area contributed by atoms with Crippen LogP contribution < -0.4 is 5.32 Å². The summed E-state index contributed by atoms with van der Waals surface area (Å²) >= 11 is 0. The second kappa shape index (κ2) is 7.88. The summed E-state index contributed by atoms with van der Waals surface area (Å²) in [6, 6.07) is 9.99. The van der Waals surface area contributed by atoms with Crippen LogP contribution in [0.3, 0.4) is 0 Å². The number of phenolic OH excluding ortho intramolecular Hbond substituents is 1. The molecule has 2 aliphatic rings. The fourth-order valence-electron chi connectivity index (χ4n) is 4.18. The Labute approximate surface area is 149 Å². The van der Waals surface area contributed by atoms with Crippen LogP contribution in [0.25, 0.3) is 0 Å². The smallest absolute Gasteiger partial charge is 0.235 e. The first-order chi connectivity index (χ1) is 12.1. The molecule has 134 valence electrons. The molecule has 2 aliphatic carbocycles. The van der Waals surface area contributed by atoms with Gasteiger partial charge in [0.25, 0.3) is 0 Å². The van der Waals surface area contributed by atoms with Gasteiger partial charge in [-0.05, 0) is 44.6 Å². The van der Waals surface area contributed by atoms with Gasteiger partial charge < -0.3 is 10.4 Å². The molecule has 0 bridgehead atoms. The molecule has 0 unspecified atom stereocenters. The molecular weight excluding hydrogens is 314 g/mol. The third kappa shape index (κ3) is 4.32. The number of carbonyl (C=O) groups is 1. The zero-order valence-electron chi connectivity index (χ0n) is 14.7. The summed E-state index contributed by atoms with van der Waals surface area (Å²) in [6.07, 6.45) is 8.04. The summed E-state index contributed by atoms with van der Waals surface area (Å²) in [4.78, 5) is 14.8. The number of nitriles is 1. The van der Waals surface area contributed by atoms with Gasteiger partial charge >= 0.3 is 0 Å². The lowest BCUT2D eigenvalue weighted by Crippen LogP contribution is -2.50. The van der Waals surface area contributed by atoms with Crippen molar-refractivity contribution in [3.05, 3.63) is 29.8 Å². The molecule has 1 aromatic carbocycles. The summed E-state index contributed by atoms with van der Waals surface area (Å²) in [5.74, 6) is 0.195. The Kier molecular flexibility index (Phi) is 5.60. The second-order valence-electron chi connectivity index (χ2n) is 7.42. The van der Waals surface area contributed by atoms with Crippen molar-refractivity contribution >= 4 is 5.91 Å². The highest BCUT2D eigenvalue weighted by Gasteiger charge is 2.36. The summed E-state index contributed by atoms with van der Waals surface area (Å²) in [7, 11) is 0. The highest BCUT2D eigenvalue weighted by molar-refractivity contribution is 5.79. The average molecular weight is 341 g/mol. The zero-order chi connectivity index (χ0) is 17.7. The normalized spacial score (nSPS) is 19.8. The fraction of sp³-hybridized carbons (Fsp3) is 0.600. The number of amides is 1. The van der Waals surface area contributed by atoms with Crippen molar-refractivity contribution < 1.29 is 9.90 Å². The number of phenols is 1. The first kappa shape index (κ1) is 17.8. The number of benzene rings is 1. The third-order valence-electron chi connectivity index (χ3n) is 5.60. The van der Waals surface area contributed by atoms with Crippen LogP contribution in [-0.4, -0.2) is 34.0 Å². The molecule has 0 heterocycles. The molecule has 3 rings (SSSR count). The molecule has 5 nitrogen and oxygen atoms in total. The van der Waals surface area contributed by atoms with Gasteiger partial charge in [0.15, 0.2) is 0 Å². The van der Waals surface area contributed by atoms with Crippen LogP contribution >= 0.6 is 0 Å². The molecule has 0 aliphatic heterocycles. The van der Waals surface area contributed by atoms with E-state index in [0.717, 1.165) is 44.1 Å². The minimum Gasteiger partial charge on any atom is -0.508 e. The van der Waals surface area contributed by atoms with Gasteiger partial charge in [0.05, 0.1) is 12.6 Å². The lowest BCUT2D eigenvalue weighted by Gasteiger charge is -2.30. The van der Waals surface area contributed by atoms with Crippen molar-refractivity contribution in [2.24, 2.45) is 0 Å². The largest absolute Gasteiger partial charge is 0.508 e. The number of para-hydroxylation sites is 1. The maximum atomic E-state index is 12.6. The number of rotatable bonds is 6. The van der Waals surface area contributed by atoms with Crippen LogP contribution in [0.2, 0.25) is 0 Å². The van der Waals surface area contributed by atoms with Crippen LogP contribution in [0.15, 0.2) is 24.3 Å². The Balaban J connectivity index is 1.68. The molecular formula is C20H27N3O2. The van der Waals surface area contributed by atoms with Crippen molar-refractivity contribution in [1.82, 2.24) is 10.2 Å². The van der Waals surface area contributed by atoms with Crippen molar-refractivity contribution in [2.75, 3.05) is 6.54 Å². The number of carbonyl (C=O) groups excluding carboxylic acids is 1. The molecule has 0 aromatic heterocycles. The van der Waals surface area contributed by atoms with E-state index in [1.165, 1.54) is 12.8 Å². The average Bonchev–Trinajstić information content (AvgIpc) is 3.28. The summed E-state index contributed by atoms with van der Waals surface area (Å²) in [5.41, 5.74) is 0.172. The molecule has 2 saturated carbocycles. The van der Waals surface area contributed by atoms with Gasteiger partial charge in [0, 0.05) is 18.2 Å². The first-order valence-corrected chi connectivity index (χ1v) is 9.35. The van der Waals surface area contributed by atoms with Crippen LogP contribution in [0.4, 0.5) is 0 Å². The molecule has 0 radical (unpaired) electrons. The van der Waals surface area contributed by atoms with E-state index in [2.05, 4.69) is 16.3 Å². The number of nitrogens with zero attached hydrogens (tertiary/aromatic N) is 2. The molecule has 25 heavy (non-hydrogen) atoms. The van der Waals surface area contributed by atoms with Crippen LogP contribution in [-0.2, 0) is 11.3 Å². The summed E-state index contributed by atoms with van der Waals surface area (Å²) in [6.45, 7) is 0.840. The van der Waals surface area contributed by atoms with E-state index in [4.69, 9.17) is 0 Å². The summed E-state index contributed by atoms with van der Waals surface area (Å²) in [5, 5.41) is 22.5. The van der Waals surface area contributed by atoms with Crippen LogP contribution in [0.1, 0.15) is 56.9 Å². The van der Waals surface area contributed by atoms with Crippen LogP contribution in [0.5, 0.6) is 5.75 Å². The van der Waals surface area contributed by atoms with Gasteiger partial charge in [-0.15, -0.1) is 0 Å². The first-order valence-electron chi connectivity index (χ1n) is 9.35. The molecule has 0 atom stereocenters. The van der Waals surface area contributed by atoms with Crippen LogP contribution in [0, 0.1) is 11.3 Å². The Morgan fingerprint density at radius 3 is 2.56 bits per heavy atom. The molecule has 2 fully saturated rings. The number of hydrogen-bond donors (Lipinski definition) is 2. The van der Waals surface area contributed by atoms with E-state index in [1.807, 2.05) is 18.2 Å². The third-order valence-corrected chi connectivity index (χ3v) is 5.60. The molecule has 2 N–H and O–H groups in total. The van der Waals surface area contributed by atoms with Gasteiger partial charge in [-0.25, -0.2) is 0 Å². The van der Waals surface area contributed by atoms with E-state index in [9.17, 15) is 15.2 Å². The number of nitrogens with one attached hydrogen (secondary N) is 1. The van der Waals surface area contributed by atoms with E-state index in [1.54, 1.807) is 6.07 Å². The quantitative estimate of drug-likeness (QED) is 0.833. The monoisotopic (exact) mass is 341 g/mol. The predicted octanol–water partition coefficient (Wildman–Crippen LogP) is 3.09. The van der Waals surface area contributed by atoms with Crippen molar-refractivity contribution in [1.29, 1.82) is 5.26 Å². The lowest BCUT2D eigenvalue weighted by atomic mass is 10.00. The highest BCUT2D eigenvalue weighted by atomic mass is 16.3. The molecule has 1 amide bonds. The Hall–Kier alpha value is -2.06. The van der Waals surface area contributed by atoms with Gasteiger partial charge in [-0.1, -0.05) is 31.0 Å². The number of aromatic hydroxyl groups is 1. The van der Waals surface area contributed by atoms with Crippen molar-refractivity contribution in [3.63, 3.8) is 0 Å². The zero-order valence-corrected chi connectivity index (χ0v) is 14.7. The second-order valence-corrected chi connectivity index (χ2v) is 7.42. The molecule has 1 aromatic rings. The van der Waals surface area contributed by atoms with Gasteiger partial charge in [0.1, 0.15) is 11.3 Å². The lowest BCUT2D eigenvalue weighted by molar-refractivity contribution is -0.124. The van der Waals surface area contributed by atoms with E-state index >= 15 is 0 Å². The number of hydrogen-bond acceptors (Lipinski definition) is 4. The van der Waals surface area contributed by atoms with E-state index < -0.39 is 5.54 Å². The van der Waals surface area contributed by atoms with Gasteiger partial charge in [0.2, 0.25) is 5.91 Å². The van der Waals surface area contributed by atoms with Gasteiger partial charge in [-0.2, -0.15) is 5.26 Å². The molecule has 0 saturated heterocycles. The maximum absolute atomic E-state index is 12.6. The minimum atomic E-state index is -0.673. The molecule has 0 spiro atoms. The maximum Gasteiger partial charge on any atom is 0.235 e. The van der Waals surface area contributed by atoms with Gasteiger partial charge in [-0.3, -0.25) is 9.69 Å². The Bertz CT molecular complexity index is 641. The van der Waals surface area contributed by atoms with E-state index in [0.29, 0.717) is 12.6 Å².